The van der Waals surface area contributed by atoms with Gasteiger partial charge in [0.15, 0.2) is 17.3 Å². The highest BCUT2D eigenvalue weighted by molar-refractivity contribution is 5.94. The molecule has 5 rings (SSSR count). The third kappa shape index (κ3) is 7.03. The number of nitrogens with two attached hydrogens (primary N) is 1. The summed E-state index contributed by atoms with van der Waals surface area (Å²) in [7, 11) is 3.63. The quantitative estimate of drug-likeness (QED) is 0.179. The molecule has 10 nitrogen and oxygen atoms in total. The molecule has 0 aliphatic rings. The van der Waals surface area contributed by atoms with Crippen LogP contribution in [0, 0.1) is 0 Å². The fourth-order valence-corrected chi connectivity index (χ4v) is 4.63. The Morgan fingerprint density at radius 3 is 2.05 bits per heavy atom. The second kappa shape index (κ2) is 13.2. The van der Waals surface area contributed by atoms with E-state index in [0.717, 1.165) is 16.7 Å². The van der Waals surface area contributed by atoms with Gasteiger partial charge < -0.3 is 29.2 Å². The lowest BCUT2D eigenvalue weighted by Crippen LogP contribution is -2.14. The van der Waals surface area contributed by atoms with Crippen LogP contribution >= 0.6 is 0 Å². The Hall–Kier alpha value is -5.12. The van der Waals surface area contributed by atoms with Gasteiger partial charge in [-0.1, -0.05) is 84.8 Å². The molecule has 43 heavy (non-hydrogen) atoms. The molecule has 10 heteroatoms. The predicted molar refractivity (Wildman–Crippen MR) is 162 cm³/mol. The summed E-state index contributed by atoms with van der Waals surface area (Å²) in [6, 6.07) is 24.1. The van der Waals surface area contributed by atoms with Gasteiger partial charge in [0.1, 0.15) is 24.7 Å². The first-order chi connectivity index (χ1) is 20.8. The Morgan fingerprint density at radius 2 is 1.49 bits per heavy atom. The molecule has 0 unspecified atom stereocenters. The number of hydrogen-bond acceptors (Lipinski definition) is 9. The van der Waals surface area contributed by atoms with Gasteiger partial charge >= 0.3 is 6.01 Å². The topological polar surface area (TPSA) is 130 Å². The molecule has 0 aliphatic carbocycles. The summed E-state index contributed by atoms with van der Waals surface area (Å²) in [5, 5.41) is 8.11. The number of aryl methyl sites for hydroxylation is 1. The highest BCUT2D eigenvalue weighted by Crippen LogP contribution is 2.42. The largest absolute Gasteiger partial charge is 0.488 e. The van der Waals surface area contributed by atoms with Gasteiger partial charge in [0.25, 0.3) is 5.91 Å². The first kappa shape index (κ1) is 29.4. The molecule has 0 saturated carbocycles. The average Bonchev–Trinajstić information content (AvgIpc) is 3.66. The number of carbonyl (C=O) groups excluding carboxylic acids is 1. The van der Waals surface area contributed by atoms with Crippen LogP contribution in [0.2, 0.25) is 0 Å². The molecule has 1 amide bonds. The van der Waals surface area contributed by atoms with Gasteiger partial charge in [-0.15, -0.1) is 0 Å². The van der Waals surface area contributed by atoms with E-state index in [-0.39, 0.29) is 11.6 Å². The fraction of sp³-hybridized carbons (Fsp3) is 0.273. The summed E-state index contributed by atoms with van der Waals surface area (Å²) in [6.45, 7) is 4.90. The van der Waals surface area contributed by atoms with Gasteiger partial charge in [-0.3, -0.25) is 4.79 Å². The second-order valence-corrected chi connectivity index (χ2v) is 10.7. The molecule has 2 heterocycles. The van der Waals surface area contributed by atoms with Crippen molar-refractivity contribution in [3.63, 3.8) is 0 Å². The number of benzene rings is 3. The number of hydrogen-bond donors (Lipinski definition) is 1. The zero-order chi connectivity index (χ0) is 30.3. The van der Waals surface area contributed by atoms with E-state index in [1.807, 2.05) is 86.9 Å². The van der Waals surface area contributed by atoms with Crippen LogP contribution in [0.1, 0.15) is 58.3 Å². The lowest BCUT2D eigenvalue weighted by atomic mass is 9.95. The molecule has 222 valence electrons. The van der Waals surface area contributed by atoms with Crippen LogP contribution in [0.5, 0.6) is 11.5 Å². The number of aromatic nitrogens is 3. The van der Waals surface area contributed by atoms with Crippen molar-refractivity contribution in [1.29, 1.82) is 0 Å². The summed E-state index contributed by atoms with van der Waals surface area (Å²) in [6.07, 6.45) is 0.715. The molecule has 0 spiro atoms. The van der Waals surface area contributed by atoms with Crippen molar-refractivity contribution >= 4 is 11.9 Å². The zero-order valence-electron chi connectivity index (χ0n) is 24.7. The van der Waals surface area contributed by atoms with E-state index < -0.39 is 5.91 Å². The number of ether oxygens (including phenoxy) is 2. The average molecular weight is 582 g/mol. The fourth-order valence-electron chi connectivity index (χ4n) is 4.63. The van der Waals surface area contributed by atoms with Gasteiger partial charge in [-0.25, -0.2) is 0 Å². The molecule has 0 fully saturated rings. The van der Waals surface area contributed by atoms with Crippen LogP contribution < -0.4 is 20.1 Å². The standard InChI is InChI=1S/C33H35N5O5/c1-21(2)25-17-26(31-24(30(32(34)39)37-42-31)15-16-29-35-33(38(3)4)43-36-29)28(41-20-23-13-9-6-10-14-23)18-27(25)40-19-22-11-7-5-8-12-22/h5-14,17-18,21H,15-16,19-20H2,1-4H3,(H2,34,39). The third-order valence-electron chi connectivity index (χ3n) is 6.91. The lowest BCUT2D eigenvalue weighted by Gasteiger charge is -2.19. The van der Waals surface area contributed by atoms with Crippen molar-refractivity contribution in [2.24, 2.45) is 5.73 Å². The van der Waals surface area contributed by atoms with E-state index in [9.17, 15) is 4.79 Å². The van der Waals surface area contributed by atoms with Crippen LogP contribution in [-0.2, 0) is 26.1 Å². The van der Waals surface area contributed by atoms with Crippen LogP contribution in [0.25, 0.3) is 11.3 Å². The summed E-state index contributed by atoms with van der Waals surface area (Å²) >= 11 is 0. The molecular weight excluding hydrogens is 546 g/mol. The monoisotopic (exact) mass is 581 g/mol. The Labute approximate surface area is 250 Å². The first-order valence-electron chi connectivity index (χ1n) is 14.1. The molecular formula is C33H35N5O5. The number of primary amides is 1. The van der Waals surface area contributed by atoms with Gasteiger partial charge in [0, 0.05) is 32.1 Å². The number of amides is 1. The van der Waals surface area contributed by atoms with E-state index in [2.05, 4.69) is 29.1 Å². The maximum Gasteiger partial charge on any atom is 0.323 e. The van der Waals surface area contributed by atoms with E-state index in [0.29, 0.717) is 66.3 Å². The Bertz CT molecular complexity index is 1660. The molecule has 5 aromatic rings. The smallest absolute Gasteiger partial charge is 0.323 e. The highest BCUT2D eigenvalue weighted by Gasteiger charge is 2.26. The van der Waals surface area contributed by atoms with Crippen LogP contribution in [0.4, 0.5) is 6.01 Å². The molecule has 0 atom stereocenters. The van der Waals surface area contributed by atoms with Crippen molar-refractivity contribution in [1.82, 2.24) is 15.3 Å². The van der Waals surface area contributed by atoms with Crippen LogP contribution in [-0.4, -0.2) is 35.3 Å². The summed E-state index contributed by atoms with van der Waals surface area (Å²) < 4.78 is 23.9. The molecule has 0 radical (unpaired) electrons. The zero-order valence-corrected chi connectivity index (χ0v) is 24.7. The van der Waals surface area contributed by atoms with Gasteiger partial charge in [0.05, 0.1) is 5.56 Å². The second-order valence-electron chi connectivity index (χ2n) is 10.7. The minimum absolute atomic E-state index is 0.0517. The molecule has 0 saturated heterocycles. The number of nitrogens with zero attached hydrogens (tertiary/aromatic N) is 4. The maximum absolute atomic E-state index is 12.4. The van der Waals surface area contributed by atoms with Crippen molar-refractivity contribution in [2.75, 3.05) is 19.0 Å². The van der Waals surface area contributed by atoms with Gasteiger partial charge in [0.2, 0.25) is 0 Å². The predicted octanol–water partition coefficient (Wildman–Crippen LogP) is 5.96. The molecule has 2 N–H and O–H groups in total. The minimum atomic E-state index is -0.689. The van der Waals surface area contributed by atoms with E-state index >= 15 is 0 Å². The van der Waals surface area contributed by atoms with Crippen molar-refractivity contribution < 1.29 is 23.3 Å². The summed E-state index contributed by atoms with van der Waals surface area (Å²) in [5.74, 6) is 1.53. The summed E-state index contributed by atoms with van der Waals surface area (Å²) in [4.78, 5) is 18.5. The molecule has 0 aliphatic heterocycles. The molecule has 0 bridgehead atoms. The normalized spacial score (nSPS) is 11.1. The van der Waals surface area contributed by atoms with E-state index in [4.69, 9.17) is 24.3 Å². The SMILES string of the molecule is CC(C)c1cc(-c2onc(C(N)=O)c2CCc2noc(N(C)C)n2)c(OCc2ccccc2)cc1OCc1ccccc1. The highest BCUT2D eigenvalue weighted by atomic mass is 16.5. The number of carbonyl (C=O) groups is 1. The van der Waals surface area contributed by atoms with Gasteiger partial charge in [-0.2, -0.15) is 4.98 Å². The number of rotatable bonds is 13. The van der Waals surface area contributed by atoms with Crippen molar-refractivity contribution in [3.05, 3.63) is 107 Å². The van der Waals surface area contributed by atoms with Crippen LogP contribution in [0.3, 0.4) is 0 Å². The van der Waals surface area contributed by atoms with E-state index in [1.54, 1.807) is 4.90 Å². The first-order valence-corrected chi connectivity index (χ1v) is 14.1. The van der Waals surface area contributed by atoms with Crippen molar-refractivity contribution in [2.45, 2.75) is 45.8 Å². The molecule has 2 aromatic heterocycles. The van der Waals surface area contributed by atoms with Crippen molar-refractivity contribution in [3.8, 4) is 22.8 Å². The number of anilines is 1. The third-order valence-corrected chi connectivity index (χ3v) is 6.91. The summed E-state index contributed by atoms with van der Waals surface area (Å²) in [5.41, 5.74) is 9.96. The van der Waals surface area contributed by atoms with E-state index in [1.165, 1.54) is 0 Å². The molecule has 3 aromatic carbocycles. The minimum Gasteiger partial charge on any atom is -0.488 e. The Morgan fingerprint density at radius 1 is 0.860 bits per heavy atom. The van der Waals surface area contributed by atoms with Crippen LogP contribution in [0.15, 0.2) is 81.8 Å². The Kier molecular flexibility index (Phi) is 9.05. The lowest BCUT2D eigenvalue weighted by molar-refractivity contribution is 0.0991. The van der Waals surface area contributed by atoms with Gasteiger partial charge in [-0.05, 0) is 35.1 Å². The maximum atomic E-state index is 12.4. The Balaban J connectivity index is 1.55.